The zero-order valence-electron chi connectivity index (χ0n) is 18.1. The normalized spacial score (nSPS) is 15.2. The van der Waals surface area contributed by atoms with Crippen molar-refractivity contribution in [1.29, 1.82) is 0 Å². The molecule has 2 rings (SSSR count). The number of nitrogens with one attached hydrogen (secondary N) is 2. The predicted octanol–water partition coefficient (Wildman–Crippen LogP) is 2.63. The first kappa shape index (κ1) is 23.6. The van der Waals surface area contributed by atoms with E-state index >= 15 is 0 Å². The molecule has 0 fully saturated rings. The van der Waals surface area contributed by atoms with Crippen LogP contribution < -0.4 is 10.6 Å². The van der Waals surface area contributed by atoms with Crippen LogP contribution in [0.15, 0.2) is 47.1 Å². The van der Waals surface area contributed by atoms with Crippen LogP contribution in [0, 0.1) is 23.2 Å². The van der Waals surface area contributed by atoms with E-state index in [1.54, 1.807) is 6.08 Å². The molecule has 1 aliphatic rings. The predicted molar refractivity (Wildman–Crippen MR) is 127 cm³/mol. The van der Waals surface area contributed by atoms with Crippen molar-refractivity contribution in [3.8, 4) is 11.8 Å². The quantitative estimate of drug-likeness (QED) is 0.275. The molecule has 5 heteroatoms. The maximum absolute atomic E-state index is 12.6. The van der Waals surface area contributed by atoms with Gasteiger partial charge in [-0.1, -0.05) is 24.3 Å². The molecule has 2 N–H and O–H groups in total. The molecule has 0 spiro atoms. The van der Waals surface area contributed by atoms with Gasteiger partial charge in [-0.3, -0.25) is 0 Å². The van der Waals surface area contributed by atoms with Crippen LogP contribution in [0.2, 0.25) is 0 Å². The second kappa shape index (κ2) is 12.1. The summed E-state index contributed by atoms with van der Waals surface area (Å²) in [5.41, 5.74) is 5.88. The van der Waals surface area contributed by atoms with Crippen LogP contribution in [0.25, 0.3) is 0 Å². The first-order valence-corrected chi connectivity index (χ1v) is 10.5. The topological polar surface area (TPSA) is 53.5 Å². The Kier molecular flexibility index (Phi) is 9.54. The van der Waals surface area contributed by atoms with E-state index in [1.807, 2.05) is 14.0 Å². The zero-order chi connectivity index (χ0) is 21.8. The number of carbonyl (C=O) groups excluding carboxylic acids is 1. The first-order valence-electron chi connectivity index (χ1n) is 10.5. The summed E-state index contributed by atoms with van der Waals surface area (Å²) in [7, 11) is 7.26. The second-order valence-electron chi connectivity index (χ2n) is 8.02. The van der Waals surface area contributed by atoms with Crippen molar-refractivity contribution in [2.75, 3.05) is 20.1 Å². The fourth-order valence-electron chi connectivity index (χ4n) is 3.95. The Hall–Kier alpha value is -2.67. The molecule has 0 saturated heterocycles. The number of fused-ring (bicyclic) bond motifs is 1. The van der Waals surface area contributed by atoms with E-state index in [4.69, 9.17) is 7.49 Å². The van der Waals surface area contributed by atoms with E-state index in [0.717, 1.165) is 32.2 Å². The number of hydrogen-bond acceptors (Lipinski definition) is 3. The number of benzene rings is 1. The number of carbonyl (C=O) groups is 1. The number of amides is 1. The second-order valence-corrected chi connectivity index (χ2v) is 8.02. The van der Waals surface area contributed by atoms with Gasteiger partial charge in [0.05, 0.1) is 0 Å². The van der Waals surface area contributed by atoms with Crippen molar-refractivity contribution in [1.82, 2.24) is 10.6 Å². The van der Waals surface area contributed by atoms with Gasteiger partial charge in [0.25, 0.3) is 0 Å². The van der Waals surface area contributed by atoms with E-state index in [1.165, 1.54) is 17.3 Å². The summed E-state index contributed by atoms with van der Waals surface area (Å²) in [5, 5.41) is 6.30. The van der Waals surface area contributed by atoms with Crippen LogP contribution >= 0.6 is 0 Å². The van der Waals surface area contributed by atoms with Crippen LogP contribution in [-0.4, -0.2) is 45.9 Å². The number of allylic oxidation sites excluding steroid dienone is 1. The summed E-state index contributed by atoms with van der Waals surface area (Å²) in [6.45, 7) is 7.02. The molecular weight excluding hydrogens is 369 g/mol. The fraction of sp³-hybridized carbons (Fsp3) is 0.440. The Balaban J connectivity index is 1.97. The SMILES string of the molecule is [B]=C=CC(C)CC#C/C(=C/N=C)C(=O)NCCC1(CCNC)Cc2ccccc2C1. The molecule has 0 saturated carbocycles. The average molecular weight is 400 g/mol. The van der Waals surface area contributed by atoms with Gasteiger partial charge in [0, 0.05) is 0 Å². The standard InChI is InChI=1S/C25H31BN3O/c1-20(11-14-26)7-6-10-23(19-28-3)24(30)29-16-13-25(12-15-27-2)17-21-8-4-5-9-22(21)18-25/h4-5,8-9,11,19-20,27H,3,7,12-13,15-18H2,1-2H3,(H,29,30)/b23-19-. The number of hydrogen-bond donors (Lipinski definition) is 2. The smallest absolute Gasteiger partial charge is 0.320 e. The van der Waals surface area contributed by atoms with Gasteiger partial charge in [-0.05, 0) is 44.0 Å². The molecule has 1 radical (unpaired) electrons. The van der Waals surface area contributed by atoms with Gasteiger partial charge in [0.15, 0.2) is 0 Å². The molecule has 0 heterocycles. The number of nitrogens with zero attached hydrogens (tertiary/aromatic N) is 1. The van der Waals surface area contributed by atoms with Gasteiger partial charge >= 0.3 is 108 Å². The van der Waals surface area contributed by atoms with Gasteiger partial charge in [0.1, 0.15) is 0 Å². The van der Waals surface area contributed by atoms with E-state index in [2.05, 4.69) is 64.1 Å². The molecule has 1 aliphatic carbocycles. The Morgan fingerprint density at radius 1 is 1.30 bits per heavy atom. The van der Waals surface area contributed by atoms with Gasteiger partial charge in [0.2, 0.25) is 0 Å². The van der Waals surface area contributed by atoms with E-state index < -0.39 is 0 Å². The van der Waals surface area contributed by atoms with Gasteiger partial charge in [-0.15, -0.1) is 0 Å². The fourth-order valence-corrected chi connectivity index (χ4v) is 3.95. The molecule has 0 aliphatic heterocycles. The molecule has 0 bridgehead atoms. The molecular formula is C25H31BN3O. The molecule has 0 aromatic heterocycles. The Labute approximate surface area is 182 Å². The summed E-state index contributed by atoms with van der Waals surface area (Å²) < 4.78 is 0. The summed E-state index contributed by atoms with van der Waals surface area (Å²) in [4.78, 5) is 16.4. The van der Waals surface area contributed by atoms with Gasteiger partial charge < -0.3 is 5.32 Å². The average Bonchev–Trinajstić information content (AvgIpc) is 3.10. The van der Waals surface area contributed by atoms with Crippen LogP contribution in [-0.2, 0) is 17.6 Å². The summed E-state index contributed by atoms with van der Waals surface area (Å²) >= 11 is 0. The summed E-state index contributed by atoms with van der Waals surface area (Å²) in [5.74, 6) is 5.90. The summed E-state index contributed by atoms with van der Waals surface area (Å²) in [6, 6.07) is 8.66. The van der Waals surface area contributed by atoms with Crippen LogP contribution in [0.3, 0.4) is 0 Å². The summed E-state index contributed by atoms with van der Waals surface area (Å²) in [6.07, 6.45) is 7.88. The van der Waals surface area contributed by atoms with E-state index in [0.29, 0.717) is 18.5 Å². The third kappa shape index (κ3) is 6.99. The van der Waals surface area contributed by atoms with Crippen molar-refractivity contribution < 1.29 is 4.79 Å². The van der Waals surface area contributed by atoms with Crippen molar-refractivity contribution in [3.05, 3.63) is 53.2 Å². The van der Waals surface area contributed by atoms with E-state index in [-0.39, 0.29) is 17.2 Å². The third-order valence-electron chi connectivity index (χ3n) is 5.59. The third-order valence-corrected chi connectivity index (χ3v) is 5.59. The monoisotopic (exact) mass is 400 g/mol. The Morgan fingerprint density at radius 3 is 2.57 bits per heavy atom. The molecule has 1 atom stereocenters. The molecule has 1 aromatic rings. The van der Waals surface area contributed by atoms with Crippen molar-refractivity contribution >= 4 is 25.7 Å². The van der Waals surface area contributed by atoms with Gasteiger partial charge in [-0.2, -0.15) is 0 Å². The van der Waals surface area contributed by atoms with Crippen LogP contribution in [0.5, 0.6) is 0 Å². The minimum atomic E-state index is -0.206. The zero-order valence-corrected chi connectivity index (χ0v) is 18.1. The van der Waals surface area contributed by atoms with Crippen LogP contribution in [0.4, 0.5) is 0 Å². The molecule has 30 heavy (non-hydrogen) atoms. The Morgan fingerprint density at radius 2 is 1.97 bits per heavy atom. The maximum atomic E-state index is 12.6. The Bertz CT molecular complexity index is 862. The molecule has 1 amide bonds. The van der Waals surface area contributed by atoms with Crippen LogP contribution in [0.1, 0.15) is 37.3 Å². The van der Waals surface area contributed by atoms with Crippen molar-refractivity contribution in [2.45, 2.75) is 39.0 Å². The first-order chi connectivity index (χ1) is 14.5. The minimum Gasteiger partial charge on any atom is -0.320 e. The molecule has 1 unspecified atom stereocenters. The van der Waals surface area contributed by atoms with Crippen molar-refractivity contribution in [3.63, 3.8) is 0 Å². The number of aliphatic imine (C=N–C) groups is 1. The van der Waals surface area contributed by atoms with E-state index in [9.17, 15) is 4.79 Å². The van der Waals surface area contributed by atoms with Crippen molar-refractivity contribution in [2.24, 2.45) is 16.3 Å². The molecule has 1 aromatic carbocycles. The van der Waals surface area contributed by atoms with Gasteiger partial charge in [-0.25, -0.2) is 0 Å². The molecule has 4 nitrogen and oxygen atoms in total. The number of rotatable bonds is 10. The molecule has 155 valence electrons. The minimum absolute atomic E-state index is 0.173.